The van der Waals surface area contributed by atoms with Gasteiger partial charge in [-0.05, 0) is 34.1 Å². The fraction of sp³-hybridized carbons (Fsp3) is 0.688. The topological polar surface area (TPSA) is 84.9 Å². The Labute approximate surface area is 137 Å². The van der Waals surface area contributed by atoms with Crippen molar-refractivity contribution in [3.05, 3.63) is 12.2 Å². The van der Waals surface area contributed by atoms with E-state index in [9.17, 15) is 14.4 Å². The number of hydrogen-bond acceptors (Lipinski definition) is 5. The molecule has 0 unspecified atom stereocenters. The van der Waals surface area contributed by atoms with Crippen molar-refractivity contribution in [1.29, 1.82) is 0 Å². The summed E-state index contributed by atoms with van der Waals surface area (Å²) < 4.78 is 9.89. The van der Waals surface area contributed by atoms with Gasteiger partial charge in [-0.3, -0.25) is 4.79 Å². The van der Waals surface area contributed by atoms with Crippen LogP contribution >= 0.6 is 0 Å². The van der Waals surface area contributed by atoms with Gasteiger partial charge in [0.05, 0.1) is 7.11 Å². The van der Waals surface area contributed by atoms with Gasteiger partial charge >= 0.3 is 12.1 Å². The number of esters is 1. The van der Waals surface area contributed by atoms with Gasteiger partial charge in [0, 0.05) is 19.0 Å². The number of ether oxygens (including phenoxy) is 2. The Morgan fingerprint density at radius 2 is 2.00 bits per heavy atom. The summed E-state index contributed by atoms with van der Waals surface area (Å²) in [5.74, 6) is -0.683. The maximum absolute atomic E-state index is 12.4. The fourth-order valence-corrected chi connectivity index (χ4v) is 2.22. The van der Waals surface area contributed by atoms with Crippen LogP contribution in [-0.2, 0) is 19.1 Å². The molecule has 2 amide bonds. The lowest BCUT2D eigenvalue weighted by Gasteiger charge is -2.30. The molecule has 130 valence electrons. The maximum Gasteiger partial charge on any atom is 0.407 e. The van der Waals surface area contributed by atoms with Crippen molar-refractivity contribution in [3.63, 3.8) is 0 Å². The number of carbonyl (C=O) groups is 3. The van der Waals surface area contributed by atoms with Crippen LogP contribution in [0.1, 0.15) is 40.5 Å². The van der Waals surface area contributed by atoms with Gasteiger partial charge in [0.25, 0.3) is 0 Å². The predicted molar refractivity (Wildman–Crippen MR) is 84.7 cm³/mol. The monoisotopic (exact) mass is 326 g/mol. The molecular formula is C16H26N2O5. The number of nitrogens with zero attached hydrogens (tertiary/aromatic N) is 1. The molecule has 0 saturated carbocycles. The molecule has 0 radical (unpaired) electrons. The lowest BCUT2D eigenvalue weighted by molar-refractivity contribution is -0.151. The van der Waals surface area contributed by atoms with Crippen LogP contribution in [0.25, 0.3) is 0 Å². The quantitative estimate of drug-likeness (QED) is 0.629. The van der Waals surface area contributed by atoms with Crippen LogP contribution in [0.3, 0.4) is 0 Å². The van der Waals surface area contributed by atoms with Crippen LogP contribution in [-0.4, -0.2) is 54.2 Å². The highest BCUT2D eigenvalue weighted by molar-refractivity contribution is 5.85. The Morgan fingerprint density at radius 3 is 2.57 bits per heavy atom. The summed E-state index contributed by atoms with van der Waals surface area (Å²) in [7, 11) is 1.29. The largest absolute Gasteiger partial charge is 0.467 e. The van der Waals surface area contributed by atoms with E-state index in [1.807, 2.05) is 6.08 Å². The molecule has 2 atom stereocenters. The zero-order valence-corrected chi connectivity index (χ0v) is 14.4. The second kappa shape index (κ2) is 7.99. The highest BCUT2D eigenvalue weighted by Gasteiger charge is 2.29. The lowest BCUT2D eigenvalue weighted by Crippen LogP contribution is -2.48. The van der Waals surface area contributed by atoms with Crippen LogP contribution in [0.5, 0.6) is 0 Å². The van der Waals surface area contributed by atoms with Gasteiger partial charge in [0.1, 0.15) is 11.6 Å². The van der Waals surface area contributed by atoms with Crippen LogP contribution in [0.2, 0.25) is 0 Å². The van der Waals surface area contributed by atoms with Gasteiger partial charge in [-0.15, -0.1) is 0 Å². The molecule has 1 N–H and O–H groups in total. The molecule has 1 aliphatic rings. The second-order valence-corrected chi connectivity index (χ2v) is 6.50. The Kier molecular flexibility index (Phi) is 6.60. The van der Waals surface area contributed by atoms with Crippen molar-refractivity contribution in [2.24, 2.45) is 0 Å². The van der Waals surface area contributed by atoms with Crippen molar-refractivity contribution < 1.29 is 23.9 Å². The third-order valence-electron chi connectivity index (χ3n) is 3.36. The molecule has 7 nitrogen and oxygen atoms in total. The Balaban J connectivity index is 2.72. The zero-order chi connectivity index (χ0) is 17.6. The van der Waals surface area contributed by atoms with E-state index in [1.165, 1.54) is 12.0 Å². The van der Waals surface area contributed by atoms with Crippen molar-refractivity contribution in [2.75, 3.05) is 13.7 Å². The minimum Gasteiger partial charge on any atom is -0.467 e. The molecule has 0 aromatic heterocycles. The van der Waals surface area contributed by atoms with E-state index in [-0.39, 0.29) is 18.4 Å². The predicted octanol–water partition coefficient (Wildman–Crippen LogP) is 1.62. The van der Waals surface area contributed by atoms with Gasteiger partial charge < -0.3 is 19.7 Å². The number of methoxy groups -OCH3 is 1. The molecule has 1 heterocycles. The molecule has 23 heavy (non-hydrogen) atoms. The summed E-state index contributed by atoms with van der Waals surface area (Å²) in [6, 6.07) is -1.04. The summed E-state index contributed by atoms with van der Waals surface area (Å²) in [4.78, 5) is 37.3. The third kappa shape index (κ3) is 6.30. The molecule has 0 bridgehead atoms. The number of amides is 2. The number of rotatable bonds is 3. The molecule has 0 saturated heterocycles. The fourth-order valence-electron chi connectivity index (χ4n) is 2.22. The maximum atomic E-state index is 12.4. The molecule has 7 heteroatoms. The van der Waals surface area contributed by atoms with Crippen LogP contribution in [0, 0.1) is 0 Å². The van der Waals surface area contributed by atoms with Gasteiger partial charge in [-0.2, -0.15) is 0 Å². The molecule has 0 aromatic carbocycles. The molecule has 0 spiro atoms. The molecular weight excluding hydrogens is 300 g/mol. The molecule has 0 fully saturated rings. The molecule has 1 aliphatic heterocycles. The number of alkyl carbamates (subject to hydrolysis) is 1. The Morgan fingerprint density at radius 1 is 1.35 bits per heavy atom. The number of nitrogens with one attached hydrogen (secondary N) is 1. The van der Waals surface area contributed by atoms with E-state index in [0.29, 0.717) is 13.0 Å². The van der Waals surface area contributed by atoms with E-state index >= 15 is 0 Å². The van der Waals surface area contributed by atoms with Gasteiger partial charge in [0.2, 0.25) is 5.91 Å². The molecule has 0 aliphatic carbocycles. The van der Waals surface area contributed by atoms with Crippen LogP contribution < -0.4 is 5.32 Å². The Hall–Kier alpha value is -2.05. The molecule has 0 aromatic rings. The summed E-state index contributed by atoms with van der Waals surface area (Å²) >= 11 is 0. The lowest BCUT2D eigenvalue weighted by atomic mass is 10.1. The average Bonchev–Trinajstić information content (AvgIpc) is 2.41. The van der Waals surface area contributed by atoms with Crippen LogP contribution in [0.15, 0.2) is 12.2 Å². The first-order valence-electron chi connectivity index (χ1n) is 7.66. The summed E-state index contributed by atoms with van der Waals surface area (Å²) in [5, 5.41) is 2.70. The van der Waals surface area contributed by atoms with Crippen molar-refractivity contribution in [3.8, 4) is 0 Å². The first-order valence-corrected chi connectivity index (χ1v) is 7.66. The number of hydrogen-bond donors (Lipinski definition) is 1. The first kappa shape index (κ1) is 19.0. The first-order chi connectivity index (χ1) is 10.6. The van der Waals surface area contributed by atoms with E-state index in [4.69, 9.17) is 4.74 Å². The normalized spacial score (nSPS) is 21.7. The van der Waals surface area contributed by atoms with Gasteiger partial charge in [-0.25, -0.2) is 9.59 Å². The van der Waals surface area contributed by atoms with Crippen molar-refractivity contribution >= 4 is 18.0 Å². The summed E-state index contributed by atoms with van der Waals surface area (Å²) in [6.07, 6.45) is 3.76. The minimum atomic E-state index is -0.669. The van der Waals surface area contributed by atoms with Gasteiger partial charge in [0.15, 0.2) is 0 Å². The minimum absolute atomic E-state index is 0.102. The summed E-state index contributed by atoms with van der Waals surface area (Å²) in [6.45, 7) is 7.28. The van der Waals surface area contributed by atoms with E-state index in [1.54, 1.807) is 33.8 Å². The van der Waals surface area contributed by atoms with E-state index in [0.717, 1.165) is 0 Å². The Bertz CT molecular complexity index is 481. The second-order valence-electron chi connectivity index (χ2n) is 6.50. The number of carbonyl (C=O) groups excluding carboxylic acids is 3. The average molecular weight is 326 g/mol. The van der Waals surface area contributed by atoms with Crippen molar-refractivity contribution in [1.82, 2.24) is 10.2 Å². The highest BCUT2D eigenvalue weighted by Crippen LogP contribution is 2.13. The van der Waals surface area contributed by atoms with Crippen LogP contribution in [0.4, 0.5) is 4.79 Å². The third-order valence-corrected chi connectivity index (χ3v) is 3.36. The summed E-state index contributed by atoms with van der Waals surface area (Å²) in [5.41, 5.74) is -0.600. The van der Waals surface area contributed by atoms with Gasteiger partial charge in [-0.1, -0.05) is 12.2 Å². The molecule has 1 rings (SSSR count). The van der Waals surface area contributed by atoms with E-state index < -0.39 is 23.7 Å². The SMILES string of the molecule is COC(=O)[C@H](C)N1C/C=C\C[C@H](NC(=O)OC(C)(C)C)CC1=O. The zero-order valence-electron chi connectivity index (χ0n) is 14.4. The van der Waals surface area contributed by atoms with Crippen molar-refractivity contribution in [2.45, 2.75) is 58.2 Å². The standard InChI is InChI=1S/C16H26N2O5/c1-11(14(20)22-5)18-9-7-6-8-12(10-13(18)19)17-15(21)23-16(2,3)4/h6-7,11-12H,8-10H2,1-5H3,(H,17,21)/b7-6-/t11-,12-/m0/s1. The smallest absolute Gasteiger partial charge is 0.407 e. The highest BCUT2D eigenvalue weighted by atomic mass is 16.6. The van der Waals surface area contributed by atoms with E-state index in [2.05, 4.69) is 10.1 Å².